The van der Waals surface area contributed by atoms with E-state index in [2.05, 4.69) is 20.8 Å². The van der Waals surface area contributed by atoms with Crippen molar-refractivity contribution >= 4 is 51.4 Å². The molecule has 0 saturated carbocycles. The number of nitrogens with zero attached hydrogens (tertiary/aromatic N) is 3. The van der Waals surface area contributed by atoms with Crippen molar-refractivity contribution in [3.05, 3.63) is 24.3 Å². The maximum absolute atomic E-state index is 11.9. The lowest BCUT2D eigenvalue weighted by atomic mass is 10.2. The number of anilines is 3. The lowest BCUT2D eigenvalue weighted by Crippen LogP contribution is -2.14. The highest BCUT2D eigenvalue weighted by Crippen LogP contribution is 2.25. The second-order valence-electron chi connectivity index (χ2n) is 4.83. The van der Waals surface area contributed by atoms with Gasteiger partial charge in [-0.3, -0.25) is 9.59 Å². The van der Waals surface area contributed by atoms with Crippen molar-refractivity contribution in [1.29, 1.82) is 0 Å². The SMILES string of the molecule is CC(=O)Nc1nnc(SCC(=O)Nc2ccc(N(C)C)cc2)s1. The quantitative estimate of drug-likeness (QED) is 0.613. The molecule has 0 spiro atoms. The molecule has 2 rings (SSSR count). The molecule has 2 aromatic rings. The van der Waals surface area contributed by atoms with Crippen LogP contribution in [0.1, 0.15) is 6.92 Å². The molecule has 2 N–H and O–H groups in total. The van der Waals surface area contributed by atoms with Crippen molar-refractivity contribution in [3.63, 3.8) is 0 Å². The van der Waals surface area contributed by atoms with Crippen LogP contribution < -0.4 is 15.5 Å². The van der Waals surface area contributed by atoms with E-state index in [4.69, 9.17) is 0 Å². The third kappa shape index (κ3) is 5.53. The van der Waals surface area contributed by atoms with E-state index in [1.807, 2.05) is 43.3 Å². The number of carbonyl (C=O) groups is 2. The largest absolute Gasteiger partial charge is 0.378 e. The Labute approximate surface area is 142 Å². The molecule has 0 aliphatic rings. The van der Waals surface area contributed by atoms with Gasteiger partial charge in [-0.25, -0.2) is 0 Å². The summed E-state index contributed by atoms with van der Waals surface area (Å²) >= 11 is 2.52. The minimum absolute atomic E-state index is 0.121. The van der Waals surface area contributed by atoms with Crippen LogP contribution in [0.25, 0.3) is 0 Å². The molecule has 1 aromatic heterocycles. The number of rotatable bonds is 6. The van der Waals surface area contributed by atoms with Gasteiger partial charge in [0.25, 0.3) is 0 Å². The summed E-state index contributed by atoms with van der Waals surface area (Å²) in [7, 11) is 3.92. The lowest BCUT2D eigenvalue weighted by molar-refractivity contribution is -0.114. The summed E-state index contributed by atoms with van der Waals surface area (Å²) < 4.78 is 0.631. The summed E-state index contributed by atoms with van der Waals surface area (Å²) in [6.45, 7) is 1.41. The Balaban J connectivity index is 1.82. The zero-order chi connectivity index (χ0) is 16.8. The summed E-state index contributed by atoms with van der Waals surface area (Å²) in [6, 6.07) is 7.59. The molecule has 122 valence electrons. The Morgan fingerprint density at radius 2 is 1.87 bits per heavy atom. The van der Waals surface area contributed by atoms with E-state index >= 15 is 0 Å². The van der Waals surface area contributed by atoms with Crippen LogP contribution >= 0.6 is 23.1 Å². The van der Waals surface area contributed by atoms with Crippen LogP contribution in [0, 0.1) is 0 Å². The maximum Gasteiger partial charge on any atom is 0.234 e. The number of amides is 2. The minimum Gasteiger partial charge on any atom is -0.378 e. The van der Waals surface area contributed by atoms with Crippen LogP contribution in [-0.2, 0) is 9.59 Å². The van der Waals surface area contributed by atoms with Gasteiger partial charge in [0.1, 0.15) is 0 Å². The molecule has 0 bridgehead atoms. The zero-order valence-corrected chi connectivity index (χ0v) is 14.6. The van der Waals surface area contributed by atoms with E-state index in [9.17, 15) is 9.59 Å². The Morgan fingerprint density at radius 3 is 2.48 bits per heavy atom. The van der Waals surface area contributed by atoms with Crippen LogP contribution in [-0.4, -0.2) is 41.9 Å². The minimum atomic E-state index is -0.198. The summed E-state index contributed by atoms with van der Waals surface area (Å²) in [6.07, 6.45) is 0. The van der Waals surface area contributed by atoms with Crippen molar-refractivity contribution in [3.8, 4) is 0 Å². The topological polar surface area (TPSA) is 87.2 Å². The number of hydrogen-bond acceptors (Lipinski definition) is 7. The van der Waals surface area contributed by atoms with Crippen LogP contribution in [0.4, 0.5) is 16.5 Å². The second kappa shape index (κ2) is 7.93. The smallest absolute Gasteiger partial charge is 0.234 e. The molecular weight excluding hydrogens is 334 g/mol. The molecule has 0 saturated heterocycles. The summed E-state index contributed by atoms with van der Waals surface area (Å²) in [5, 5.41) is 13.5. The Bertz CT molecular complexity index is 685. The zero-order valence-electron chi connectivity index (χ0n) is 13.0. The molecule has 23 heavy (non-hydrogen) atoms. The van der Waals surface area contributed by atoms with Gasteiger partial charge in [0.05, 0.1) is 5.75 Å². The predicted octanol–water partition coefficient (Wildman–Crippen LogP) is 2.29. The highest BCUT2D eigenvalue weighted by molar-refractivity contribution is 8.01. The predicted molar refractivity (Wildman–Crippen MR) is 94.3 cm³/mol. The summed E-state index contributed by atoms with van der Waals surface area (Å²) in [5.74, 6) is -0.0927. The fourth-order valence-electron chi connectivity index (χ4n) is 1.64. The number of aromatic nitrogens is 2. The van der Waals surface area contributed by atoms with Crippen molar-refractivity contribution < 1.29 is 9.59 Å². The third-order valence-corrected chi connectivity index (χ3v) is 4.66. The first kappa shape index (κ1) is 17.2. The van der Waals surface area contributed by atoms with Gasteiger partial charge in [-0.05, 0) is 24.3 Å². The average molecular weight is 351 g/mol. The van der Waals surface area contributed by atoms with Gasteiger partial charge >= 0.3 is 0 Å². The third-order valence-electron chi connectivity index (χ3n) is 2.68. The highest BCUT2D eigenvalue weighted by atomic mass is 32.2. The molecule has 0 aliphatic carbocycles. The highest BCUT2D eigenvalue weighted by Gasteiger charge is 2.09. The van der Waals surface area contributed by atoms with E-state index in [-0.39, 0.29) is 17.6 Å². The van der Waals surface area contributed by atoms with E-state index in [0.717, 1.165) is 11.4 Å². The first-order chi connectivity index (χ1) is 10.9. The maximum atomic E-state index is 11.9. The molecule has 1 heterocycles. The van der Waals surface area contributed by atoms with Gasteiger partial charge in [0, 0.05) is 32.4 Å². The molecular formula is C14H17N5O2S2. The van der Waals surface area contributed by atoms with E-state index < -0.39 is 0 Å². The first-order valence-electron chi connectivity index (χ1n) is 6.75. The summed E-state index contributed by atoms with van der Waals surface area (Å²) in [5.41, 5.74) is 1.81. The van der Waals surface area contributed by atoms with Gasteiger partial charge in [-0.2, -0.15) is 0 Å². The van der Waals surface area contributed by atoms with Gasteiger partial charge in [0.15, 0.2) is 4.34 Å². The first-order valence-corrected chi connectivity index (χ1v) is 8.55. The molecule has 1 aromatic carbocycles. The Kier molecular flexibility index (Phi) is 5.94. The van der Waals surface area contributed by atoms with Crippen molar-refractivity contribution in [1.82, 2.24) is 10.2 Å². The number of thioether (sulfide) groups is 1. The van der Waals surface area contributed by atoms with Crippen LogP contribution in [0.5, 0.6) is 0 Å². The Hall–Kier alpha value is -2.13. The van der Waals surface area contributed by atoms with Crippen LogP contribution in [0.3, 0.4) is 0 Å². The molecule has 7 nitrogen and oxygen atoms in total. The number of nitrogens with one attached hydrogen (secondary N) is 2. The van der Waals surface area contributed by atoms with E-state index in [1.54, 1.807) is 0 Å². The molecule has 0 atom stereocenters. The van der Waals surface area contributed by atoms with E-state index in [0.29, 0.717) is 9.47 Å². The van der Waals surface area contributed by atoms with Crippen LogP contribution in [0.2, 0.25) is 0 Å². The van der Waals surface area contributed by atoms with Gasteiger partial charge in [0.2, 0.25) is 16.9 Å². The number of carbonyl (C=O) groups excluding carboxylic acids is 2. The average Bonchev–Trinajstić information content (AvgIpc) is 2.92. The standard InChI is InChI=1S/C14H17N5O2S2/c1-9(20)15-13-17-18-14(23-13)22-8-12(21)16-10-4-6-11(7-5-10)19(2)3/h4-7H,8H2,1-3H3,(H,16,21)(H,15,17,20). The molecule has 0 aliphatic heterocycles. The molecule has 0 radical (unpaired) electrons. The lowest BCUT2D eigenvalue weighted by Gasteiger charge is -2.12. The van der Waals surface area contributed by atoms with Crippen molar-refractivity contribution in [2.24, 2.45) is 0 Å². The summed E-state index contributed by atoms with van der Waals surface area (Å²) in [4.78, 5) is 24.8. The van der Waals surface area contributed by atoms with Gasteiger partial charge in [-0.1, -0.05) is 23.1 Å². The normalized spacial score (nSPS) is 10.2. The fourth-order valence-corrected chi connectivity index (χ4v) is 3.23. The molecule has 2 amide bonds. The monoisotopic (exact) mass is 351 g/mol. The molecule has 0 unspecified atom stereocenters. The number of benzene rings is 1. The van der Waals surface area contributed by atoms with Gasteiger partial charge < -0.3 is 15.5 Å². The van der Waals surface area contributed by atoms with Crippen molar-refractivity contribution in [2.45, 2.75) is 11.3 Å². The molecule has 9 heteroatoms. The van der Waals surface area contributed by atoms with Crippen molar-refractivity contribution in [2.75, 3.05) is 35.4 Å². The number of hydrogen-bond donors (Lipinski definition) is 2. The van der Waals surface area contributed by atoms with Crippen LogP contribution in [0.15, 0.2) is 28.6 Å². The Morgan fingerprint density at radius 1 is 1.17 bits per heavy atom. The fraction of sp³-hybridized carbons (Fsp3) is 0.286. The van der Waals surface area contributed by atoms with E-state index in [1.165, 1.54) is 30.0 Å². The second-order valence-corrected chi connectivity index (χ2v) is 7.03. The molecule has 0 fully saturated rings. The van der Waals surface area contributed by atoms with Gasteiger partial charge in [-0.15, -0.1) is 10.2 Å².